The summed E-state index contributed by atoms with van der Waals surface area (Å²) in [6, 6.07) is 5.91. The fourth-order valence-corrected chi connectivity index (χ4v) is 5.16. The molecule has 156 valence electrons. The topological polar surface area (TPSA) is 125 Å². The zero-order valence-corrected chi connectivity index (χ0v) is 17.9. The highest BCUT2D eigenvalue weighted by Crippen LogP contribution is 2.43. The van der Waals surface area contributed by atoms with Crippen molar-refractivity contribution < 1.29 is 9.59 Å². The van der Waals surface area contributed by atoms with E-state index in [-0.39, 0.29) is 6.03 Å². The highest BCUT2D eigenvalue weighted by Gasteiger charge is 2.44. The van der Waals surface area contributed by atoms with Gasteiger partial charge in [-0.1, -0.05) is 11.3 Å². The Labute approximate surface area is 179 Å². The first-order valence-corrected chi connectivity index (χ1v) is 10.8. The SMILES string of the molecule is Cc1nc(NC(=O)N2CCC[C@@]2(C)C(N)=O)sc1-c1ccnc(C2(C#N)CCC2)c1. The second-order valence-electron chi connectivity index (χ2n) is 8.23. The van der Waals surface area contributed by atoms with Gasteiger partial charge in [-0.25, -0.2) is 9.78 Å². The normalized spacial score (nSPS) is 22.2. The van der Waals surface area contributed by atoms with Gasteiger partial charge in [0, 0.05) is 12.7 Å². The monoisotopic (exact) mass is 424 g/mol. The number of rotatable bonds is 4. The Balaban J connectivity index is 1.57. The van der Waals surface area contributed by atoms with Crippen LogP contribution in [-0.2, 0) is 10.2 Å². The molecule has 1 aliphatic carbocycles. The van der Waals surface area contributed by atoms with E-state index in [1.54, 1.807) is 13.1 Å². The third-order valence-electron chi connectivity index (χ3n) is 6.36. The van der Waals surface area contributed by atoms with E-state index < -0.39 is 16.9 Å². The van der Waals surface area contributed by atoms with Crippen LogP contribution in [0.5, 0.6) is 0 Å². The molecular weight excluding hydrogens is 400 g/mol. The minimum atomic E-state index is -0.979. The van der Waals surface area contributed by atoms with Crippen molar-refractivity contribution in [3.63, 3.8) is 0 Å². The molecule has 0 unspecified atom stereocenters. The van der Waals surface area contributed by atoms with Crippen LogP contribution >= 0.6 is 11.3 Å². The van der Waals surface area contributed by atoms with Crippen LogP contribution < -0.4 is 11.1 Å². The van der Waals surface area contributed by atoms with Gasteiger partial charge in [0.2, 0.25) is 5.91 Å². The van der Waals surface area contributed by atoms with E-state index in [1.807, 2.05) is 19.1 Å². The summed E-state index contributed by atoms with van der Waals surface area (Å²) in [5, 5.41) is 12.9. The number of primary amides is 1. The molecular formula is C21H24N6O2S. The molecule has 1 aliphatic heterocycles. The number of pyridine rings is 1. The summed E-state index contributed by atoms with van der Waals surface area (Å²) in [7, 11) is 0. The van der Waals surface area contributed by atoms with Gasteiger partial charge in [-0.2, -0.15) is 5.26 Å². The Morgan fingerprint density at radius 1 is 1.33 bits per heavy atom. The number of anilines is 1. The van der Waals surface area contributed by atoms with E-state index >= 15 is 0 Å². The lowest BCUT2D eigenvalue weighted by Crippen LogP contribution is -2.55. The first-order valence-electron chi connectivity index (χ1n) is 10.0. The zero-order chi connectivity index (χ0) is 21.5. The maximum atomic E-state index is 12.8. The molecule has 9 heteroatoms. The molecule has 0 bridgehead atoms. The molecule has 0 spiro atoms. The van der Waals surface area contributed by atoms with Crippen LogP contribution in [0.15, 0.2) is 18.3 Å². The third kappa shape index (κ3) is 3.21. The lowest BCUT2D eigenvalue weighted by atomic mass is 9.67. The molecule has 1 saturated heterocycles. The van der Waals surface area contributed by atoms with E-state index in [1.165, 1.54) is 16.2 Å². The third-order valence-corrected chi connectivity index (χ3v) is 7.48. The number of amides is 3. The molecule has 8 nitrogen and oxygen atoms in total. The number of aryl methyl sites for hydroxylation is 1. The summed E-state index contributed by atoms with van der Waals surface area (Å²) >= 11 is 1.36. The van der Waals surface area contributed by atoms with Crippen molar-refractivity contribution in [1.29, 1.82) is 5.26 Å². The van der Waals surface area contributed by atoms with Crippen molar-refractivity contribution in [3.05, 3.63) is 29.7 Å². The van der Waals surface area contributed by atoms with Crippen LogP contribution in [0.4, 0.5) is 9.93 Å². The van der Waals surface area contributed by atoms with Crippen LogP contribution in [0, 0.1) is 18.3 Å². The summed E-state index contributed by atoms with van der Waals surface area (Å²) in [6.45, 7) is 4.06. The molecule has 3 N–H and O–H groups in total. The van der Waals surface area contributed by atoms with Crippen LogP contribution in [-0.4, -0.2) is 38.9 Å². The van der Waals surface area contributed by atoms with Gasteiger partial charge in [0.05, 0.1) is 27.7 Å². The molecule has 4 rings (SSSR count). The Morgan fingerprint density at radius 2 is 2.10 bits per heavy atom. The zero-order valence-electron chi connectivity index (χ0n) is 17.1. The minimum Gasteiger partial charge on any atom is -0.368 e. The number of hydrogen-bond donors (Lipinski definition) is 2. The molecule has 3 heterocycles. The number of urea groups is 1. The molecule has 2 aromatic rings. The molecule has 0 aromatic carbocycles. The molecule has 3 amide bonds. The average molecular weight is 425 g/mol. The number of nitrogens with zero attached hydrogens (tertiary/aromatic N) is 4. The lowest BCUT2D eigenvalue weighted by Gasteiger charge is -2.34. The number of hydrogen-bond acceptors (Lipinski definition) is 6. The Kier molecular flexibility index (Phi) is 4.98. The quantitative estimate of drug-likeness (QED) is 0.779. The Morgan fingerprint density at radius 3 is 2.73 bits per heavy atom. The predicted octanol–water partition coefficient (Wildman–Crippen LogP) is 3.33. The van der Waals surface area contributed by atoms with Gasteiger partial charge >= 0.3 is 6.03 Å². The van der Waals surface area contributed by atoms with Crippen LogP contribution in [0.3, 0.4) is 0 Å². The van der Waals surface area contributed by atoms with Gasteiger partial charge < -0.3 is 10.6 Å². The summed E-state index contributed by atoms with van der Waals surface area (Å²) in [6.07, 6.45) is 5.71. The van der Waals surface area contributed by atoms with E-state index in [4.69, 9.17) is 5.73 Å². The molecule has 2 fully saturated rings. The summed E-state index contributed by atoms with van der Waals surface area (Å²) < 4.78 is 0. The molecule has 1 saturated carbocycles. The first kappa shape index (κ1) is 20.3. The largest absolute Gasteiger partial charge is 0.368 e. The van der Waals surface area contributed by atoms with Crippen molar-refractivity contribution in [1.82, 2.24) is 14.9 Å². The number of nitrogens with two attached hydrogens (primary N) is 1. The smallest absolute Gasteiger partial charge is 0.324 e. The lowest BCUT2D eigenvalue weighted by molar-refractivity contribution is -0.126. The first-order chi connectivity index (χ1) is 14.3. The fraction of sp³-hybridized carbons (Fsp3) is 0.476. The fourth-order valence-electron chi connectivity index (χ4n) is 4.21. The van der Waals surface area contributed by atoms with Crippen molar-refractivity contribution in [2.24, 2.45) is 5.73 Å². The number of thiazole rings is 1. The average Bonchev–Trinajstić information content (AvgIpc) is 3.25. The van der Waals surface area contributed by atoms with Crippen LogP contribution in [0.2, 0.25) is 0 Å². The van der Waals surface area contributed by atoms with Crippen molar-refractivity contribution in [2.45, 2.75) is 56.9 Å². The van der Waals surface area contributed by atoms with Crippen molar-refractivity contribution in [3.8, 4) is 16.5 Å². The van der Waals surface area contributed by atoms with Gasteiger partial charge in [0.25, 0.3) is 0 Å². The Hall–Kier alpha value is -2.99. The van der Waals surface area contributed by atoms with E-state index in [9.17, 15) is 14.9 Å². The van der Waals surface area contributed by atoms with Gasteiger partial charge in [0.15, 0.2) is 5.13 Å². The highest BCUT2D eigenvalue weighted by atomic mass is 32.1. The standard InChI is InChI=1S/C21H24N6O2S/c1-13-16(14-5-9-24-15(11-14)21(12-22)7-3-8-21)30-18(25-13)26-19(29)27-10-4-6-20(27,2)17(23)28/h5,9,11H,3-4,6-8,10H2,1-2H3,(H2,23,28)(H,25,26,29)/t20-/m0/s1. The minimum absolute atomic E-state index is 0.373. The van der Waals surface area contributed by atoms with Gasteiger partial charge in [-0.15, -0.1) is 0 Å². The van der Waals surface area contributed by atoms with Gasteiger partial charge in [-0.3, -0.25) is 15.1 Å². The summed E-state index contributed by atoms with van der Waals surface area (Å²) in [4.78, 5) is 36.0. The number of carbonyl (C=O) groups excluding carboxylic acids is 2. The van der Waals surface area contributed by atoms with Gasteiger partial charge in [0.1, 0.15) is 5.54 Å². The summed E-state index contributed by atoms with van der Waals surface area (Å²) in [5.74, 6) is -0.502. The maximum absolute atomic E-state index is 12.8. The van der Waals surface area contributed by atoms with Crippen molar-refractivity contribution >= 4 is 28.4 Å². The number of nitrogens with one attached hydrogen (secondary N) is 1. The highest BCUT2D eigenvalue weighted by molar-refractivity contribution is 7.19. The van der Waals surface area contributed by atoms with E-state index in [0.29, 0.717) is 18.1 Å². The number of nitriles is 1. The second-order valence-corrected chi connectivity index (χ2v) is 9.23. The molecule has 2 aliphatic rings. The predicted molar refractivity (Wildman–Crippen MR) is 114 cm³/mol. The molecule has 0 radical (unpaired) electrons. The molecule has 30 heavy (non-hydrogen) atoms. The number of likely N-dealkylation sites (tertiary alicyclic amines) is 1. The van der Waals surface area contributed by atoms with Gasteiger partial charge in [-0.05, 0) is 63.6 Å². The second kappa shape index (κ2) is 7.36. The van der Waals surface area contributed by atoms with Crippen LogP contribution in [0.1, 0.15) is 50.4 Å². The Bertz CT molecular complexity index is 1050. The molecule has 2 aromatic heterocycles. The maximum Gasteiger partial charge on any atom is 0.324 e. The van der Waals surface area contributed by atoms with Crippen LogP contribution in [0.25, 0.3) is 10.4 Å². The van der Waals surface area contributed by atoms with Crippen molar-refractivity contribution in [2.75, 3.05) is 11.9 Å². The molecule has 1 atom stereocenters. The number of carbonyl (C=O) groups is 2. The van der Waals surface area contributed by atoms with E-state index in [0.717, 1.165) is 47.5 Å². The summed E-state index contributed by atoms with van der Waals surface area (Å²) in [5.41, 5.74) is 6.58. The number of aromatic nitrogens is 2. The van der Waals surface area contributed by atoms with E-state index in [2.05, 4.69) is 21.4 Å².